The Morgan fingerprint density at radius 1 is 1.75 bits per heavy atom. The van der Waals surface area contributed by atoms with E-state index in [9.17, 15) is 9.18 Å². The molecule has 0 saturated heterocycles. The molecule has 4 nitrogen and oxygen atoms in total. The minimum absolute atomic E-state index is 0.0994. The summed E-state index contributed by atoms with van der Waals surface area (Å²) in [5.41, 5.74) is 0.615. The van der Waals surface area contributed by atoms with Gasteiger partial charge in [-0.1, -0.05) is 13.5 Å². The fraction of sp³-hybridized carbons (Fsp3) is 0.273. The summed E-state index contributed by atoms with van der Waals surface area (Å²) in [5, 5.41) is 10.8. The molecule has 0 aliphatic heterocycles. The number of nitrogens with zero attached hydrogens (tertiary/aromatic N) is 1. The lowest BCUT2D eigenvalue weighted by molar-refractivity contribution is 0.189. The van der Waals surface area contributed by atoms with E-state index in [-0.39, 0.29) is 5.69 Å². The summed E-state index contributed by atoms with van der Waals surface area (Å²) in [7, 11) is 0. The number of carboxylic acid groups (broad SMARTS) is 1. The normalized spacial score (nSPS) is 11.9. The van der Waals surface area contributed by atoms with Crippen molar-refractivity contribution >= 4 is 12.2 Å². The SMILES string of the molecule is C=Cc1ccc(F)c(C(CC)NC(=O)O)n1. The third-order valence-corrected chi connectivity index (χ3v) is 2.14. The van der Waals surface area contributed by atoms with Crippen molar-refractivity contribution in [1.82, 2.24) is 10.3 Å². The van der Waals surface area contributed by atoms with Crippen LogP contribution in [0.5, 0.6) is 0 Å². The maximum absolute atomic E-state index is 13.5. The van der Waals surface area contributed by atoms with Crippen molar-refractivity contribution in [3.63, 3.8) is 0 Å². The molecule has 1 rings (SSSR count). The molecular formula is C11H13FN2O2. The van der Waals surface area contributed by atoms with Crippen LogP contribution in [0.3, 0.4) is 0 Å². The molecule has 2 N–H and O–H groups in total. The Labute approximate surface area is 92.8 Å². The molecule has 1 heterocycles. The average molecular weight is 224 g/mol. The highest BCUT2D eigenvalue weighted by molar-refractivity contribution is 5.65. The molecule has 0 radical (unpaired) electrons. The number of rotatable bonds is 4. The van der Waals surface area contributed by atoms with Gasteiger partial charge in [0.1, 0.15) is 5.82 Å². The van der Waals surface area contributed by atoms with Crippen LogP contribution in [0.15, 0.2) is 18.7 Å². The quantitative estimate of drug-likeness (QED) is 0.826. The third kappa shape index (κ3) is 2.79. The van der Waals surface area contributed by atoms with Gasteiger partial charge in [-0.2, -0.15) is 0 Å². The lowest BCUT2D eigenvalue weighted by Gasteiger charge is -2.15. The van der Waals surface area contributed by atoms with Crippen LogP contribution >= 0.6 is 0 Å². The number of hydrogen-bond donors (Lipinski definition) is 2. The minimum atomic E-state index is -1.20. The van der Waals surface area contributed by atoms with Crippen molar-refractivity contribution in [2.75, 3.05) is 0 Å². The molecule has 0 aromatic carbocycles. The smallest absolute Gasteiger partial charge is 0.405 e. The van der Waals surface area contributed by atoms with E-state index in [1.54, 1.807) is 6.92 Å². The minimum Gasteiger partial charge on any atom is -0.465 e. The van der Waals surface area contributed by atoms with Gasteiger partial charge in [0.2, 0.25) is 0 Å². The van der Waals surface area contributed by atoms with Gasteiger partial charge in [0, 0.05) is 0 Å². The Balaban J connectivity index is 3.07. The third-order valence-electron chi connectivity index (χ3n) is 2.14. The van der Waals surface area contributed by atoms with E-state index in [1.807, 2.05) is 0 Å². The van der Waals surface area contributed by atoms with Gasteiger partial charge in [0.05, 0.1) is 17.4 Å². The summed E-state index contributed by atoms with van der Waals surface area (Å²) in [5.74, 6) is -0.522. The second-order valence-electron chi connectivity index (χ2n) is 3.22. The Morgan fingerprint density at radius 2 is 2.44 bits per heavy atom. The topological polar surface area (TPSA) is 62.2 Å². The first-order valence-electron chi connectivity index (χ1n) is 4.86. The molecule has 1 unspecified atom stereocenters. The Hall–Kier alpha value is -1.91. The predicted octanol–water partition coefficient (Wildman–Crippen LogP) is 2.58. The molecule has 0 aliphatic carbocycles. The maximum atomic E-state index is 13.5. The van der Waals surface area contributed by atoms with Gasteiger partial charge in [-0.15, -0.1) is 0 Å². The van der Waals surface area contributed by atoms with Crippen LogP contribution < -0.4 is 5.32 Å². The van der Waals surface area contributed by atoms with Crippen LogP contribution in [0.4, 0.5) is 9.18 Å². The molecule has 0 aliphatic rings. The van der Waals surface area contributed by atoms with E-state index >= 15 is 0 Å². The molecule has 0 saturated carbocycles. The Morgan fingerprint density at radius 3 is 2.94 bits per heavy atom. The Kier molecular flexibility index (Phi) is 3.99. The van der Waals surface area contributed by atoms with Crippen molar-refractivity contribution < 1.29 is 14.3 Å². The highest BCUT2D eigenvalue weighted by Crippen LogP contribution is 2.18. The first-order chi connectivity index (χ1) is 7.58. The summed E-state index contributed by atoms with van der Waals surface area (Å²) in [4.78, 5) is 14.5. The number of hydrogen-bond acceptors (Lipinski definition) is 2. The fourth-order valence-electron chi connectivity index (χ4n) is 1.34. The van der Waals surface area contributed by atoms with E-state index in [4.69, 9.17) is 5.11 Å². The van der Waals surface area contributed by atoms with Gasteiger partial charge < -0.3 is 10.4 Å². The molecule has 0 spiro atoms. The highest BCUT2D eigenvalue weighted by Gasteiger charge is 2.17. The summed E-state index contributed by atoms with van der Waals surface area (Å²) in [6, 6.07) is 2.10. The number of aromatic nitrogens is 1. The largest absolute Gasteiger partial charge is 0.465 e. The van der Waals surface area contributed by atoms with E-state index in [0.717, 1.165) is 0 Å². The van der Waals surface area contributed by atoms with Crippen molar-refractivity contribution in [2.24, 2.45) is 0 Å². The zero-order chi connectivity index (χ0) is 12.1. The summed E-state index contributed by atoms with van der Waals surface area (Å²) in [6.07, 6.45) is 0.713. The van der Waals surface area contributed by atoms with Crippen LogP contribution in [0.2, 0.25) is 0 Å². The van der Waals surface area contributed by atoms with Gasteiger partial charge >= 0.3 is 6.09 Å². The van der Waals surface area contributed by atoms with E-state index < -0.39 is 18.0 Å². The average Bonchev–Trinajstić information content (AvgIpc) is 2.26. The molecule has 86 valence electrons. The van der Waals surface area contributed by atoms with Gasteiger partial charge in [-0.05, 0) is 24.6 Å². The summed E-state index contributed by atoms with van der Waals surface area (Å²) < 4.78 is 13.5. The molecule has 1 amide bonds. The Bertz CT molecular complexity index is 407. The van der Waals surface area contributed by atoms with Gasteiger partial charge in [-0.3, -0.25) is 0 Å². The molecule has 0 bridgehead atoms. The first kappa shape index (κ1) is 12.2. The first-order valence-corrected chi connectivity index (χ1v) is 4.86. The number of amides is 1. The van der Waals surface area contributed by atoms with Crippen LogP contribution in [-0.4, -0.2) is 16.2 Å². The van der Waals surface area contributed by atoms with Crippen LogP contribution in [0.1, 0.15) is 30.8 Å². The van der Waals surface area contributed by atoms with Crippen molar-refractivity contribution in [3.05, 3.63) is 35.9 Å². The van der Waals surface area contributed by atoms with Crippen molar-refractivity contribution in [2.45, 2.75) is 19.4 Å². The maximum Gasteiger partial charge on any atom is 0.405 e. The monoisotopic (exact) mass is 224 g/mol. The molecule has 1 atom stereocenters. The van der Waals surface area contributed by atoms with E-state index in [1.165, 1.54) is 18.2 Å². The highest BCUT2D eigenvalue weighted by atomic mass is 19.1. The number of halogens is 1. The molecule has 5 heteroatoms. The van der Waals surface area contributed by atoms with E-state index in [2.05, 4.69) is 16.9 Å². The fourth-order valence-corrected chi connectivity index (χ4v) is 1.34. The second-order valence-corrected chi connectivity index (χ2v) is 3.22. The van der Waals surface area contributed by atoms with Crippen LogP contribution in [0.25, 0.3) is 6.08 Å². The number of nitrogens with one attached hydrogen (secondary N) is 1. The van der Waals surface area contributed by atoms with Gasteiger partial charge in [-0.25, -0.2) is 14.2 Å². The number of pyridine rings is 1. The van der Waals surface area contributed by atoms with Gasteiger partial charge in [0.25, 0.3) is 0 Å². The molecular weight excluding hydrogens is 211 g/mol. The zero-order valence-corrected chi connectivity index (χ0v) is 8.90. The molecule has 1 aromatic heterocycles. The second kappa shape index (κ2) is 5.25. The molecule has 0 fully saturated rings. The lowest BCUT2D eigenvalue weighted by atomic mass is 10.1. The summed E-state index contributed by atoms with van der Waals surface area (Å²) in [6.45, 7) is 5.28. The zero-order valence-electron chi connectivity index (χ0n) is 8.90. The van der Waals surface area contributed by atoms with Crippen molar-refractivity contribution in [3.8, 4) is 0 Å². The summed E-state index contributed by atoms with van der Waals surface area (Å²) >= 11 is 0. The van der Waals surface area contributed by atoms with Crippen LogP contribution in [0, 0.1) is 5.82 Å². The standard InChI is InChI=1S/C11H13FN2O2/c1-3-7-5-6-8(12)10(13-7)9(4-2)14-11(15)16/h3,5-6,9,14H,1,4H2,2H3,(H,15,16). The van der Waals surface area contributed by atoms with Crippen molar-refractivity contribution in [1.29, 1.82) is 0 Å². The van der Waals surface area contributed by atoms with Crippen LogP contribution in [-0.2, 0) is 0 Å². The molecule has 1 aromatic rings. The van der Waals surface area contributed by atoms with Gasteiger partial charge in [0.15, 0.2) is 0 Å². The lowest BCUT2D eigenvalue weighted by Crippen LogP contribution is -2.27. The molecule has 16 heavy (non-hydrogen) atoms. The number of carbonyl (C=O) groups is 1. The predicted molar refractivity (Wildman–Crippen MR) is 58.5 cm³/mol. The van der Waals surface area contributed by atoms with E-state index in [0.29, 0.717) is 12.1 Å².